The predicted octanol–water partition coefficient (Wildman–Crippen LogP) is 2.37. The minimum absolute atomic E-state index is 0.103. The van der Waals surface area contributed by atoms with Crippen molar-refractivity contribution in [1.82, 2.24) is 5.16 Å². The Kier molecular flexibility index (Phi) is 4.06. The number of nitrogens with zero attached hydrogens (tertiary/aromatic N) is 1. The molecule has 0 saturated carbocycles. The lowest BCUT2D eigenvalue weighted by Crippen LogP contribution is -2.01. The van der Waals surface area contributed by atoms with Gasteiger partial charge in [0.15, 0.2) is 0 Å². The van der Waals surface area contributed by atoms with Crippen LogP contribution >= 0.6 is 0 Å². The fraction of sp³-hybridized carbons (Fsp3) is 0.357. The predicted molar refractivity (Wildman–Crippen MR) is 69.2 cm³/mol. The van der Waals surface area contributed by atoms with E-state index >= 15 is 0 Å². The van der Waals surface area contributed by atoms with Gasteiger partial charge >= 0.3 is 0 Å². The van der Waals surface area contributed by atoms with Gasteiger partial charge in [0.05, 0.1) is 25.0 Å². The first-order valence-electron chi connectivity index (χ1n) is 5.98. The topological polar surface area (TPSA) is 64.7 Å². The summed E-state index contributed by atoms with van der Waals surface area (Å²) in [5.74, 6) is 2.06. The molecule has 0 atom stereocenters. The molecule has 1 aromatic heterocycles. The lowest BCUT2D eigenvalue weighted by molar-refractivity contribution is 0.257. The van der Waals surface area contributed by atoms with Crippen molar-refractivity contribution in [2.24, 2.45) is 0 Å². The van der Waals surface area contributed by atoms with Crippen molar-refractivity contribution in [3.05, 3.63) is 40.8 Å². The monoisotopic (exact) mass is 263 g/mol. The smallest absolute Gasteiger partial charge is 0.140 e. The number of methoxy groups -OCH3 is 1. The number of aliphatic hydroxyl groups excluding tert-OH is 1. The van der Waals surface area contributed by atoms with Gasteiger partial charge in [-0.15, -0.1) is 0 Å². The molecule has 0 amide bonds. The third kappa shape index (κ3) is 2.88. The number of benzene rings is 1. The summed E-state index contributed by atoms with van der Waals surface area (Å²) in [5, 5.41) is 13.2. The molecule has 1 aromatic carbocycles. The second-order valence-electron chi connectivity index (χ2n) is 4.22. The van der Waals surface area contributed by atoms with Gasteiger partial charge in [0, 0.05) is 5.56 Å². The Balaban J connectivity index is 2.15. The van der Waals surface area contributed by atoms with E-state index in [4.69, 9.17) is 14.0 Å². The van der Waals surface area contributed by atoms with Crippen LogP contribution in [0.5, 0.6) is 11.5 Å². The van der Waals surface area contributed by atoms with Crippen LogP contribution in [0.4, 0.5) is 0 Å². The molecule has 0 bridgehead atoms. The SMILES string of the molecule is COc1ccc(OCc2c(C)noc2C)c(CO)c1. The van der Waals surface area contributed by atoms with Gasteiger partial charge < -0.3 is 19.1 Å². The van der Waals surface area contributed by atoms with Gasteiger partial charge in [-0.3, -0.25) is 0 Å². The van der Waals surface area contributed by atoms with Crippen molar-refractivity contribution in [1.29, 1.82) is 0 Å². The van der Waals surface area contributed by atoms with E-state index in [0.29, 0.717) is 23.7 Å². The summed E-state index contributed by atoms with van der Waals surface area (Å²) >= 11 is 0. The number of rotatable bonds is 5. The average Bonchev–Trinajstić information content (AvgIpc) is 2.75. The van der Waals surface area contributed by atoms with Crippen molar-refractivity contribution in [3.8, 4) is 11.5 Å². The maximum Gasteiger partial charge on any atom is 0.140 e. The number of aliphatic hydroxyl groups is 1. The zero-order chi connectivity index (χ0) is 13.8. The number of hydrogen-bond donors (Lipinski definition) is 1. The molecule has 102 valence electrons. The normalized spacial score (nSPS) is 10.5. The van der Waals surface area contributed by atoms with Gasteiger partial charge in [-0.05, 0) is 32.0 Å². The number of hydrogen-bond acceptors (Lipinski definition) is 5. The lowest BCUT2D eigenvalue weighted by Gasteiger charge is -2.11. The van der Waals surface area contributed by atoms with E-state index in [-0.39, 0.29) is 6.61 Å². The van der Waals surface area contributed by atoms with Crippen molar-refractivity contribution >= 4 is 0 Å². The maximum absolute atomic E-state index is 9.34. The molecule has 0 unspecified atom stereocenters. The summed E-state index contributed by atoms with van der Waals surface area (Å²) in [6, 6.07) is 5.33. The molecule has 0 radical (unpaired) electrons. The lowest BCUT2D eigenvalue weighted by atomic mass is 10.2. The minimum Gasteiger partial charge on any atom is -0.497 e. The first kappa shape index (κ1) is 13.4. The molecule has 0 aliphatic heterocycles. The standard InChI is InChI=1S/C14H17NO4/c1-9-13(10(2)19-15-9)8-18-14-5-4-12(17-3)6-11(14)7-16/h4-6,16H,7-8H2,1-3H3. The molecule has 1 heterocycles. The highest BCUT2D eigenvalue weighted by atomic mass is 16.5. The number of aromatic nitrogens is 1. The van der Waals surface area contributed by atoms with Gasteiger partial charge in [0.25, 0.3) is 0 Å². The maximum atomic E-state index is 9.34. The van der Waals surface area contributed by atoms with E-state index in [1.54, 1.807) is 25.3 Å². The highest BCUT2D eigenvalue weighted by Crippen LogP contribution is 2.25. The van der Waals surface area contributed by atoms with Gasteiger partial charge in [-0.2, -0.15) is 0 Å². The van der Waals surface area contributed by atoms with Crippen LogP contribution < -0.4 is 9.47 Å². The van der Waals surface area contributed by atoms with E-state index in [2.05, 4.69) is 5.16 Å². The Morgan fingerprint density at radius 1 is 1.32 bits per heavy atom. The second kappa shape index (κ2) is 5.75. The third-order valence-electron chi connectivity index (χ3n) is 2.99. The van der Waals surface area contributed by atoms with Crippen LogP contribution in [-0.4, -0.2) is 17.4 Å². The molecule has 5 nitrogen and oxygen atoms in total. The van der Waals surface area contributed by atoms with Crippen LogP contribution in [0.15, 0.2) is 22.7 Å². The molecule has 2 rings (SSSR count). The zero-order valence-electron chi connectivity index (χ0n) is 11.3. The molecule has 5 heteroatoms. The number of aryl methyl sites for hydroxylation is 2. The van der Waals surface area contributed by atoms with E-state index in [0.717, 1.165) is 17.0 Å². The molecule has 0 saturated heterocycles. The van der Waals surface area contributed by atoms with E-state index < -0.39 is 0 Å². The van der Waals surface area contributed by atoms with Crippen LogP contribution in [0.3, 0.4) is 0 Å². The van der Waals surface area contributed by atoms with Crippen LogP contribution in [0.25, 0.3) is 0 Å². The summed E-state index contributed by atoms with van der Waals surface area (Å²) in [6.07, 6.45) is 0. The Morgan fingerprint density at radius 3 is 2.68 bits per heavy atom. The van der Waals surface area contributed by atoms with Crippen LogP contribution in [0, 0.1) is 13.8 Å². The van der Waals surface area contributed by atoms with Crippen molar-refractivity contribution in [2.45, 2.75) is 27.1 Å². The molecule has 19 heavy (non-hydrogen) atoms. The second-order valence-corrected chi connectivity index (χ2v) is 4.22. The average molecular weight is 263 g/mol. The van der Waals surface area contributed by atoms with Gasteiger partial charge in [0.1, 0.15) is 23.9 Å². The Bertz CT molecular complexity index is 543. The molecular weight excluding hydrogens is 246 g/mol. The Morgan fingerprint density at radius 2 is 2.11 bits per heavy atom. The molecule has 1 N–H and O–H groups in total. The summed E-state index contributed by atoms with van der Waals surface area (Å²) in [5.41, 5.74) is 2.43. The number of ether oxygens (including phenoxy) is 2. The highest BCUT2D eigenvalue weighted by molar-refractivity contribution is 5.40. The zero-order valence-corrected chi connectivity index (χ0v) is 11.3. The minimum atomic E-state index is -0.103. The summed E-state index contributed by atoms with van der Waals surface area (Å²) in [6.45, 7) is 3.98. The van der Waals surface area contributed by atoms with Crippen LogP contribution in [-0.2, 0) is 13.2 Å². The van der Waals surface area contributed by atoms with E-state index in [1.807, 2.05) is 13.8 Å². The molecule has 0 aliphatic rings. The molecule has 2 aromatic rings. The summed E-state index contributed by atoms with van der Waals surface area (Å²) in [7, 11) is 1.58. The fourth-order valence-corrected chi connectivity index (χ4v) is 1.81. The van der Waals surface area contributed by atoms with Crippen LogP contribution in [0.2, 0.25) is 0 Å². The Hall–Kier alpha value is -2.01. The fourth-order valence-electron chi connectivity index (χ4n) is 1.81. The largest absolute Gasteiger partial charge is 0.497 e. The van der Waals surface area contributed by atoms with E-state index in [1.165, 1.54) is 0 Å². The molecular formula is C14H17NO4. The van der Waals surface area contributed by atoms with Crippen LogP contribution in [0.1, 0.15) is 22.6 Å². The first-order valence-corrected chi connectivity index (χ1v) is 5.98. The van der Waals surface area contributed by atoms with Crippen molar-refractivity contribution in [3.63, 3.8) is 0 Å². The van der Waals surface area contributed by atoms with Gasteiger partial charge in [-0.25, -0.2) is 0 Å². The molecule has 0 aliphatic carbocycles. The highest BCUT2D eigenvalue weighted by Gasteiger charge is 2.11. The Labute approximate surface area is 111 Å². The molecule has 0 spiro atoms. The quantitative estimate of drug-likeness (QED) is 0.897. The molecule has 0 fully saturated rings. The van der Waals surface area contributed by atoms with Gasteiger partial charge in [0.2, 0.25) is 0 Å². The van der Waals surface area contributed by atoms with E-state index in [9.17, 15) is 5.11 Å². The summed E-state index contributed by atoms with van der Waals surface area (Å²) < 4.78 is 15.9. The summed E-state index contributed by atoms with van der Waals surface area (Å²) in [4.78, 5) is 0. The van der Waals surface area contributed by atoms with Crippen molar-refractivity contribution < 1.29 is 19.1 Å². The first-order chi connectivity index (χ1) is 9.15. The van der Waals surface area contributed by atoms with Gasteiger partial charge in [-0.1, -0.05) is 5.16 Å². The van der Waals surface area contributed by atoms with Crippen molar-refractivity contribution in [2.75, 3.05) is 7.11 Å². The third-order valence-corrected chi connectivity index (χ3v) is 2.99.